The van der Waals surface area contributed by atoms with Crippen LogP contribution in [0.3, 0.4) is 0 Å². The van der Waals surface area contributed by atoms with Gasteiger partial charge in [0.15, 0.2) is 11.6 Å². The van der Waals surface area contributed by atoms with Gasteiger partial charge < -0.3 is 15.7 Å². The molecule has 7 nitrogen and oxygen atoms in total. The molecule has 0 aromatic rings. The summed E-state index contributed by atoms with van der Waals surface area (Å²) in [5.41, 5.74) is 1.27. The zero-order valence-corrected chi connectivity index (χ0v) is 37.1. The summed E-state index contributed by atoms with van der Waals surface area (Å²) in [6, 6.07) is 0. The summed E-state index contributed by atoms with van der Waals surface area (Å²) in [6.07, 6.45) is 41.4. The average Bonchev–Trinajstić information content (AvgIpc) is 3.16. The molecule has 0 aliphatic carbocycles. The second-order valence-corrected chi connectivity index (χ2v) is 17.8. The van der Waals surface area contributed by atoms with E-state index in [0.29, 0.717) is 19.3 Å². The zero-order valence-electron chi connectivity index (χ0n) is 36.2. The highest BCUT2D eigenvalue weighted by atomic mass is 31.1. The first-order chi connectivity index (χ1) is 26.2. The van der Waals surface area contributed by atoms with E-state index in [4.69, 9.17) is 5.73 Å². The molecule has 4 N–H and O–H groups in total. The van der Waals surface area contributed by atoms with Crippen molar-refractivity contribution in [3.05, 3.63) is 0 Å². The van der Waals surface area contributed by atoms with Gasteiger partial charge in [-0.1, -0.05) is 237 Å². The number of hydrogen-bond donors (Lipinski definition) is 3. The lowest BCUT2D eigenvalue weighted by Gasteiger charge is -2.36. The van der Waals surface area contributed by atoms with Crippen molar-refractivity contribution in [2.24, 2.45) is 5.73 Å². The monoisotopic (exact) mass is 783 g/mol. The van der Waals surface area contributed by atoms with Gasteiger partial charge in [-0.15, -0.1) is 0 Å². The number of hydrogen-bond acceptors (Lipinski definition) is 7. The van der Waals surface area contributed by atoms with Crippen LogP contribution >= 0.6 is 8.03 Å². The van der Waals surface area contributed by atoms with E-state index in [-0.39, 0.29) is 19.4 Å². The average molecular weight is 783 g/mol. The van der Waals surface area contributed by atoms with Crippen molar-refractivity contribution in [2.75, 3.05) is 6.54 Å². The maximum Gasteiger partial charge on any atom is 0.365 e. The Kier molecular flexibility index (Phi) is 37.3. The summed E-state index contributed by atoms with van der Waals surface area (Å²) in [5.74, 6) is -1.33. The summed E-state index contributed by atoms with van der Waals surface area (Å²) in [5, 5.41) is 14.3. The zero-order chi connectivity index (χ0) is 40.0. The fourth-order valence-electron chi connectivity index (χ4n) is 7.77. The van der Waals surface area contributed by atoms with Gasteiger partial charge in [-0.2, -0.15) is 0 Å². The summed E-state index contributed by atoms with van der Waals surface area (Å²) >= 11 is 0. The molecule has 8 heteroatoms. The van der Waals surface area contributed by atoms with Crippen LogP contribution < -0.4 is 15.9 Å². The van der Waals surface area contributed by atoms with Crippen LogP contribution in [-0.4, -0.2) is 34.2 Å². The lowest BCUT2D eigenvalue weighted by molar-refractivity contribution is -0.190. The molecule has 0 amide bonds. The van der Waals surface area contributed by atoms with Crippen LogP contribution in [0.25, 0.3) is 0 Å². The molecular formula is C46H91N2O5P. The molecule has 54 heavy (non-hydrogen) atoms. The van der Waals surface area contributed by atoms with Crippen molar-refractivity contribution in [3.63, 3.8) is 0 Å². The van der Waals surface area contributed by atoms with Gasteiger partial charge in [0.2, 0.25) is 5.54 Å². The Morgan fingerprint density at radius 1 is 0.463 bits per heavy atom. The number of nitrogens with two attached hydrogens (primary N) is 1. The summed E-state index contributed by atoms with van der Waals surface area (Å²) < 4.78 is 12.7. The topological polar surface area (TPSA) is 133 Å². The van der Waals surface area contributed by atoms with Crippen molar-refractivity contribution < 1.29 is 24.2 Å². The highest BCUT2D eigenvalue weighted by Gasteiger charge is 2.66. The van der Waals surface area contributed by atoms with Gasteiger partial charge in [0.05, 0.1) is 0 Å². The Bertz CT molecular complexity index is 845. The first-order valence-electron chi connectivity index (χ1n) is 23.7. The number of rotatable bonds is 44. The van der Waals surface area contributed by atoms with Crippen LogP contribution in [0.4, 0.5) is 0 Å². The molecule has 320 valence electrons. The molecule has 0 heterocycles. The first kappa shape index (κ1) is 53.3. The molecule has 2 atom stereocenters. The third kappa shape index (κ3) is 26.2. The van der Waals surface area contributed by atoms with E-state index >= 15 is 0 Å². The predicted octanol–water partition coefficient (Wildman–Crippen LogP) is 13.0. The van der Waals surface area contributed by atoms with Gasteiger partial charge in [-0.25, -0.2) is 5.32 Å². The number of carbonyl (C=O) groups excluding carboxylic acids is 2. The van der Waals surface area contributed by atoms with Crippen molar-refractivity contribution >= 4 is 19.6 Å². The Hall–Kier alpha value is -0.720. The molecule has 0 aliphatic heterocycles. The van der Waals surface area contributed by atoms with E-state index in [0.717, 1.165) is 57.8 Å². The number of unbranched alkanes of at least 4 members (excludes halogenated alkanes) is 33. The molecule has 2 unspecified atom stereocenters. The van der Waals surface area contributed by atoms with Crippen LogP contribution in [-0.2, 0) is 14.2 Å². The molecular weight excluding hydrogens is 691 g/mol. The lowest BCUT2D eigenvalue weighted by Crippen LogP contribution is -2.74. The molecule has 0 aliphatic rings. The fourth-order valence-corrected chi connectivity index (χ4v) is 8.55. The van der Waals surface area contributed by atoms with E-state index in [1.165, 1.54) is 154 Å². The first-order valence-corrected chi connectivity index (χ1v) is 24.9. The second-order valence-electron chi connectivity index (χ2n) is 16.7. The SMILES string of the molecule is CCCCCCCCCCCCCCCC(=O)C(N)(C(=O)CCCCCCCCCCCCCCC)C(O)(NCCCCCCCCCCCC)[P+](=O)[O-]. The van der Waals surface area contributed by atoms with Gasteiger partial charge in [-0.3, -0.25) is 9.59 Å². The molecule has 0 aromatic carbocycles. The minimum absolute atomic E-state index is 0.00990. The van der Waals surface area contributed by atoms with Gasteiger partial charge in [0.1, 0.15) is 0 Å². The van der Waals surface area contributed by atoms with Crippen molar-refractivity contribution in [2.45, 2.75) is 276 Å². The van der Waals surface area contributed by atoms with Crippen molar-refractivity contribution in [1.29, 1.82) is 0 Å². The van der Waals surface area contributed by atoms with Gasteiger partial charge in [0, 0.05) is 19.4 Å². The van der Waals surface area contributed by atoms with Crippen molar-refractivity contribution in [1.82, 2.24) is 5.32 Å². The van der Waals surface area contributed by atoms with Crippen LogP contribution in [0.5, 0.6) is 0 Å². The van der Waals surface area contributed by atoms with Crippen LogP contribution in [0.1, 0.15) is 265 Å². The molecule has 0 bridgehead atoms. The molecule has 0 saturated heterocycles. The fraction of sp³-hybridized carbons (Fsp3) is 0.957. The van der Waals surface area contributed by atoms with Crippen LogP contribution in [0.2, 0.25) is 0 Å². The quantitative estimate of drug-likeness (QED) is 0.0242. The largest absolute Gasteiger partial charge is 0.592 e. The normalized spacial score (nSPS) is 13.3. The number of Topliss-reactive ketones (excluding diaryl/α,β-unsaturated/α-hetero) is 2. The highest BCUT2D eigenvalue weighted by molar-refractivity contribution is 7.38. The highest BCUT2D eigenvalue weighted by Crippen LogP contribution is 2.39. The maximum atomic E-state index is 13.8. The molecule has 0 rings (SSSR count). The Labute approximate surface area is 336 Å². The van der Waals surface area contributed by atoms with Gasteiger partial charge in [0.25, 0.3) is 0 Å². The third-order valence-electron chi connectivity index (χ3n) is 11.6. The Morgan fingerprint density at radius 3 is 0.926 bits per heavy atom. The van der Waals surface area contributed by atoms with E-state index in [1.807, 2.05) is 0 Å². The number of aliphatic hydroxyl groups is 1. The standard InChI is InChI=1S/C46H91N2O5P/c1-4-7-10-13-16-19-22-24-26-28-31-34-37-40-43(49)45(47,44(50)41-38-35-32-29-27-25-23-20-17-14-11-8-5-2)46(51,54(52)53)48-42-39-36-33-30-21-18-15-12-9-6-3/h48,51H,4-42,47H2,1-3H3. The van der Waals surface area contributed by atoms with Crippen LogP contribution in [0.15, 0.2) is 0 Å². The van der Waals surface area contributed by atoms with E-state index in [9.17, 15) is 24.2 Å². The summed E-state index contributed by atoms with van der Waals surface area (Å²) in [4.78, 5) is 40.3. The molecule has 0 aromatic heterocycles. The lowest BCUT2D eigenvalue weighted by atomic mass is 9.82. The third-order valence-corrected chi connectivity index (χ3v) is 12.6. The Balaban J connectivity index is 4.96. The predicted molar refractivity (Wildman–Crippen MR) is 230 cm³/mol. The van der Waals surface area contributed by atoms with Crippen molar-refractivity contribution in [3.8, 4) is 0 Å². The number of ketones is 2. The van der Waals surface area contributed by atoms with E-state index in [1.54, 1.807) is 0 Å². The molecule has 0 radical (unpaired) electrons. The van der Waals surface area contributed by atoms with Gasteiger partial charge >= 0.3 is 13.5 Å². The van der Waals surface area contributed by atoms with E-state index < -0.39 is 30.6 Å². The van der Waals surface area contributed by atoms with Crippen LogP contribution in [0, 0.1) is 0 Å². The molecule has 0 saturated carbocycles. The number of carbonyl (C=O) groups is 2. The number of nitrogens with one attached hydrogen (secondary N) is 1. The smallest absolute Gasteiger partial charge is 0.365 e. The summed E-state index contributed by atoms with van der Waals surface area (Å²) in [7, 11) is -3.63. The molecule has 0 fully saturated rings. The minimum atomic E-state index is -3.63. The summed E-state index contributed by atoms with van der Waals surface area (Å²) in [6.45, 7) is 6.89. The van der Waals surface area contributed by atoms with E-state index in [2.05, 4.69) is 26.1 Å². The molecule has 0 spiro atoms. The Morgan fingerprint density at radius 2 is 0.685 bits per heavy atom. The van der Waals surface area contributed by atoms with Gasteiger partial charge in [-0.05, 0) is 19.3 Å². The maximum absolute atomic E-state index is 13.8. The minimum Gasteiger partial charge on any atom is -0.592 e. The second kappa shape index (κ2) is 37.8.